The lowest BCUT2D eigenvalue weighted by Crippen LogP contribution is -2.51. The lowest BCUT2D eigenvalue weighted by Gasteiger charge is -2.29. The second kappa shape index (κ2) is 7.73. The Morgan fingerprint density at radius 2 is 1.95 bits per heavy atom. The molecular weight excluding hydrogens is 287 g/mol. The number of carbonyl (C=O) groups is 2. The Morgan fingerprint density at radius 1 is 1.30 bits per heavy atom. The number of hydrogen-bond donors (Lipinski definition) is 2. The van der Waals surface area contributed by atoms with Gasteiger partial charge in [-0.1, -0.05) is 0 Å². The topological polar surface area (TPSA) is 103 Å². The van der Waals surface area contributed by atoms with Crippen LogP contribution >= 0.6 is 7.60 Å². The van der Waals surface area contributed by atoms with E-state index in [0.717, 1.165) is 0 Å². The van der Waals surface area contributed by atoms with E-state index >= 15 is 0 Å². The molecule has 1 saturated heterocycles. The summed E-state index contributed by atoms with van der Waals surface area (Å²) in [6.07, 6.45) is 0.777. The highest BCUT2D eigenvalue weighted by atomic mass is 31.2. The maximum atomic E-state index is 11.8. The molecule has 9 heteroatoms. The van der Waals surface area contributed by atoms with Crippen LogP contribution in [-0.2, 0) is 27.9 Å². The van der Waals surface area contributed by atoms with Crippen molar-refractivity contribution in [1.82, 2.24) is 10.6 Å². The number of carbonyl (C=O) groups excluding carboxylic acids is 2. The van der Waals surface area contributed by atoms with Crippen LogP contribution in [0.1, 0.15) is 12.8 Å². The molecule has 2 N–H and O–H groups in total. The number of rotatable bonds is 6. The zero-order chi connectivity index (χ0) is 15.2. The van der Waals surface area contributed by atoms with Gasteiger partial charge in [-0.25, -0.2) is 0 Å². The highest BCUT2D eigenvalue weighted by Gasteiger charge is 2.31. The largest absolute Gasteiger partial charge is 0.468 e. The van der Waals surface area contributed by atoms with Gasteiger partial charge in [0.1, 0.15) is 12.2 Å². The third kappa shape index (κ3) is 4.86. The van der Waals surface area contributed by atoms with Crippen molar-refractivity contribution in [1.29, 1.82) is 0 Å². The van der Waals surface area contributed by atoms with Crippen molar-refractivity contribution in [2.75, 3.05) is 34.0 Å². The third-order valence-electron chi connectivity index (χ3n) is 3.15. The Balaban J connectivity index is 2.49. The molecule has 1 rings (SSSR count). The van der Waals surface area contributed by atoms with E-state index in [9.17, 15) is 14.2 Å². The summed E-state index contributed by atoms with van der Waals surface area (Å²) in [4.78, 5) is 23.2. The molecule has 1 aliphatic rings. The van der Waals surface area contributed by atoms with Gasteiger partial charge in [-0.3, -0.25) is 14.2 Å². The number of hydrogen-bond acceptors (Lipinski definition) is 7. The van der Waals surface area contributed by atoms with E-state index in [1.807, 2.05) is 0 Å². The number of amides is 1. The molecule has 0 spiro atoms. The first-order valence-electron chi connectivity index (χ1n) is 6.25. The van der Waals surface area contributed by atoms with Crippen LogP contribution in [0.5, 0.6) is 0 Å². The van der Waals surface area contributed by atoms with Crippen LogP contribution in [0.25, 0.3) is 0 Å². The molecule has 0 aliphatic carbocycles. The Hall–Kier alpha value is -0.950. The van der Waals surface area contributed by atoms with E-state index in [-0.39, 0.29) is 18.2 Å². The summed E-state index contributed by atoms with van der Waals surface area (Å²) >= 11 is 0. The molecule has 116 valence electrons. The first kappa shape index (κ1) is 17.1. The van der Waals surface area contributed by atoms with Crippen LogP contribution in [0, 0.1) is 0 Å². The first-order chi connectivity index (χ1) is 9.44. The molecule has 0 bridgehead atoms. The molecule has 0 radical (unpaired) electrons. The lowest BCUT2D eigenvalue weighted by molar-refractivity contribution is -0.144. The highest BCUT2D eigenvalue weighted by molar-refractivity contribution is 7.54. The van der Waals surface area contributed by atoms with Gasteiger partial charge in [0.25, 0.3) is 0 Å². The summed E-state index contributed by atoms with van der Waals surface area (Å²) in [5, 5.41) is 5.75. The zero-order valence-electron chi connectivity index (χ0n) is 11.9. The van der Waals surface area contributed by atoms with Gasteiger partial charge in [0.05, 0.1) is 7.11 Å². The zero-order valence-corrected chi connectivity index (χ0v) is 12.8. The standard InChI is InChI=1S/C11H21N2O6P/c1-17-11(15)9-6-8(4-5-12-9)13-10(14)7-20(16,18-2)19-3/h8-9,12H,4-7H2,1-3H3,(H,13,14)/t8-,9+/m0/s1. The lowest BCUT2D eigenvalue weighted by atomic mass is 9.99. The molecule has 8 nitrogen and oxygen atoms in total. The van der Waals surface area contributed by atoms with E-state index in [1.165, 1.54) is 21.3 Å². The van der Waals surface area contributed by atoms with Crippen molar-refractivity contribution in [3.63, 3.8) is 0 Å². The van der Waals surface area contributed by atoms with Crippen LogP contribution in [0.3, 0.4) is 0 Å². The second-order valence-electron chi connectivity index (χ2n) is 4.45. The fourth-order valence-electron chi connectivity index (χ4n) is 2.02. The average Bonchev–Trinajstić information content (AvgIpc) is 2.46. The minimum absolute atomic E-state index is 0.171. The summed E-state index contributed by atoms with van der Waals surface area (Å²) in [5.41, 5.74) is 0. The first-order valence-corrected chi connectivity index (χ1v) is 7.98. The molecule has 0 aromatic rings. The van der Waals surface area contributed by atoms with E-state index in [1.54, 1.807) is 0 Å². The van der Waals surface area contributed by atoms with E-state index in [4.69, 9.17) is 9.05 Å². The second-order valence-corrected chi connectivity index (χ2v) is 6.72. The summed E-state index contributed by atoms with van der Waals surface area (Å²) < 4.78 is 25.9. The average molecular weight is 308 g/mol. The summed E-state index contributed by atoms with van der Waals surface area (Å²) in [5.74, 6) is -0.782. The van der Waals surface area contributed by atoms with Crippen molar-refractivity contribution >= 4 is 19.5 Å². The van der Waals surface area contributed by atoms with E-state index < -0.39 is 19.5 Å². The van der Waals surface area contributed by atoms with Crippen molar-refractivity contribution in [2.45, 2.75) is 24.9 Å². The van der Waals surface area contributed by atoms with Gasteiger partial charge in [-0.15, -0.1) is 0 Å². The fraction of sp³-hybridized carbons (Fsp3) is 0.818. The van der Waals surface area contributed by atoms with E-state index in [2.05, 4.69) is 15.4 Å². The molecule has 1 heterocycles. The quantitative estimate of drug-likeness (QED) is 0.521. The van der Waals surface area contributed by atoms with Crippen molar-refractivity contribution < 1.29 is 27.9 Å². The minimum Gasteiger partial charge on any atom is -0.468 e. The van der Waals surface area contributed by atoms with Gasteiger partial charge in [0, 0.05) is 20.3 Å². The number of piperidine rings is 1. The number of ether oxygens (including phenoxy) is 1. The molecule has 1 fully saturated rings. The van der Waals surface area contributed by atoms with Crippen LogP contribution in [-0.4, -0.2) is 58.0 Å². The minimum atomic E-state index is -3.36. The van der Waals surface area contributed by atoms with Crippen LogP contribution < -0.4 is 10.6 Å². The SMILES string of the molecule is COC(=O)[C@H]1C[C@@H](NC(=O)CP(=O)(OC)OC)CCN1. The van der Waals surface area contributed by atoms with Crippen molar-refractivity contribution in [3.8, 4) is 0 Å². The van der Waals surface area contributed by atoms with Crippen LogP contribution in [0.15, 0.2) is 0 Å². The van der Waals surface area contributed by atoms with Crippen LogP contribution in [0.4, 0.5) is 0 Å². The van der Waals surface area contributed by atoms with Gasteiger partial charge < -0.3 is 24.4 Å². The van der Waals surface area contributed by atoms with Crippen LogP contribution in [0.2, 0.25) is 0 Å². The molecule has 20 heavy (non-hydrogen) atoms. The third-order valence-corrected chi connectivity index (χ3v) is 4.94. The molecular formula is C11H21N2O6P. The maximum Gasteiger partial charge on any atom is 0.339 e. The summed E-state index contributed by atoms with van der Waals surface area (Å²) in [6.45, 7) is 0.594. The van der Waals surface area contributed by atoms with Gasteiger partial charge in [0.2, 0.25) is 5.91 Å². The Kier molecular flexibility index (Phi) is 6.61. The molecule has 0 aromatic carbocycles. The molecule has 1 amide bonds. The number of methoxy groups -OCH3 is 1. The molecule has 0 unspecified atom stereocenters. The fourth-order valence-corrected chi connectivity index (χ4v) is 2.87. The molecule has 0 aromatic heterocycles. The van der Waals surface area contributed by atoms with E-state index in [0.29, 0.717) is 19.4 Å². The number of nitrogens with one attached hydrogen (secondary N) is 2. The molecule has 2 atom stereocenters. The Labute approximate surface area is 118 Å². The predicted octanol–water partition coefficient (Wildman–Crippen LogP) is -0.118. The summed E-state index contributed by atoms with van der Waals surface area (Å²) in [7, 11) is 0.418. The monoisotopic (exact) mass is 308 g/mol. The Morgan fingerprint density at radius 3 is 2.50 bits per heavy atom. The van der Waals surface area contributed by atoms with Gasteiger partial charge >= 0.3 is 13.6 Å². The van der Waals surface area contributed by atoms with Crippen molar-refractivity contribution in [3.05, 3.63) is 0 Å². The Bertz CT molecular complexity index is 394. The molecule has 0 saturated carbocycles. The summed E-state index contributed by atoms with van der Waals surface area (Å²) in [6, 6.07) is -0.606. The van der Waals surface area contributed by atoms with Gasteiger partial charge in [-0.2, -0.15) is 0 Å². The molecule has 1 aliphatic heterocycles. The van der Waals surface area contributed by atoms with Crippen molar-refractivity contribution in [2.24, 2.45) is 0 Å². The maximum absolute atomic E-state index is 11.8. The predicted molar refractivity (Wildman–Crippen MR) is 71.5 cm³/mol. The van der Waals surface area contributed by atoms with Gasteiger partial charge in [0.15, 0.2) is 0 Å². The number of esters is 1. The normalized spacial score (nSPS) is 23.1. The van der Waals surface area contributed by atoms with Gasteiger partial charge in [-0.05, 0) is 19.4 Å². The smallest absolute Gasteiger partial charge is 0.339 e. The highest BCUT2D eigenvalue weighted by Crippen LogP contribution is 2.45.